The number of nitrogens with one attached hydrogen (secondary N) is 1. The molecule has 3 heteroatoms. The van der Waals surface area contributed by atoms with Crippen molar-refractivity contribution >= 4 is 11.3 Å². The number of benzene rings is 1. The van der Waals surface area contributed by atoms with Gasteiger partial charge in [-0.25, -0.2) is 4.98 Å². The molecule has 1 atom stereocenters. The molecule has 1 aromatic carbocycles. The lowest BCUT2D eigenvalue weighted by atomic mass is 9.76. The lowest BCUT2D eigenvalue weighted by Crippen LogP contribution is -2.30. The van der Waals surface area contributed by atoms with Crippen LogP contribution in [0.1, 0.15) is 48.0 Å². The second-order valence-corrected chi connectivity index (χ2v) is 8.12. The predicted molar refractivity (Wildman–Crippen MR) is 90.9 cm³/mol. The molecule has 0 aliphatic heterocycles. The van der Waals surface area contributed by atoms with Crippen LogP contribution in [0.5, 0.6) is 0 Å². The van der Waals surface area contributed by atoms with Gasteiger partial charge in [-0.3, -0.25) is 0 Å². The fourth-order valence-electron chi connectivity index (χ4n) is 3.39. The van der Waals surface area contributed by atoms with Gasteiger partial charge in [-0.15, -0.1) is 11.3 Å². The molecule has 0 saturated heterocycles. The van der Waals surface area contributed by atoms with E-state index in [1.165, 1.54) is 38.7 Å². The summed E-state index contributed by atoms with van der Waals surface area (Å²) in [5.74, 6) is 0. The molecule has 1 aromatic heterocycles. The number of fused-ring (bicyclic) bond motifs is 1. The molecule has 112 valence electrons. The third kappa shape index (κ3) is 2.90. The zero-order valence-corrected chi connectivity index (χ0v) is 14.4. The highest BCUT2D eigenvalue weighted by Gasteiger charge is 2.34. The Hall–Kier alpha value is -1.19. The van der Waals surface area contributed by atoms with Crippen molar-refractivity contribution in [2.45, 2.75) is 46.6 Å². The molecule has 0 spiro atoms. The van der Waals surface area contributed by atoms with Gasteiger partial charge in [0.25, 0.3) is 0 Å². The minimum Gasteiger partial charge on any atom is -0.312 e. The second kappa shape index (κ2) is 5.22. The average Bonchev–Trinajstić information content (AvgIpc) is 2.78. The normalized spacial score (nSPS) is 20.3. The van der Waals surface area contributed by atoms with E-state index in [4.69, 9.17) is 4.98 Å². The number of nitrogens with zero attached hydrogens (tertiary/aromatic N) is 1. The highest BCUT2D eigenvalue weighted by Crippen LogP contribution is 2.44. The number of rotatable bonds is 2. The van der Waals surface area contributed by atoms with Gasteiger partial charge in [-0.05, 0) is 51.3 Å². The lowest BCUT2D eigenvalue weighted by molar-refractivity contribution is 0.265. The summed E-state index contributed by atoms with van der Waals surface area (Å²) in [6.07, 6.45) is 2.27. The molecule has 1 unspecified atom stereocenters. The summed E-state index contributed by atoms with van der Waals surface area (Å²) in [4.78, 5) is 6.41. The topological polar surface area (TPSA) is 24.9 Å². The first-order valence-electron chi connectivity index (χ1n) is 7.63. The van der Waals surface area contributed by atoms with E-state index in [0.29, 0.717) is 11.5 Å². The number of aromatic nitrogens is 1. The van der Waals surface area contributed by atoms with Gasteiger partial charge in [0.05, 0.1) is 5.69 Å². The van der Waals surface area contributed by atoms with Crippen molar-refractivity contribution in [3.05, 3.63) is 39.9 Å². The Kier molecular flexibility index (Phi) is 3.66. The Labute approximate surface area is 131 Å². The van der Waals surface area contributed by atoms with E-state index in [-0.39, 0.29) is 0 Å². The molecular weight excluding hydrogens is 276 g/mol. The zero-order valence-electron chi connectivity index (χ0n) is 13.6. The second-order valence-electron chi connectivity index (χ2n) is 7.09. The molecule has 1 aliphatic rings. The van der Waals surface area contributed by atoms with E-state index in [1.807, 2.05) is 11.3 Å². The summed E-state index contributed by atoms with van der Waals surface area (Å²) in [5, 5.41) is 4.64. The van der Waals surface area contributed by atoms with Gasteiger partial charge < -0.3 is 5.32 Å². The molecule has 0 radical (unpaired) electrons. The Bertz CT molecular complexity index is 650. The van der Waals surface area contributed by atoms with Crippen LogP contribution < -0.4 is 5.32 Å². The van der Waals surface area contributed by atoms with Crippen molar-refractivity contribution in [1.82, 2.24) is 10.3 Å². The molecule has 2 nitrogen and oxygen atoms in total. The molecule has 3 rings (SSSR count). The SMILES string of the molecule is CNC1CC(C)(C)Cc2nc(-c3cc(C)cc(C)c3)sc21. The monoisotopic (exact) mass is 300 g/mol. The molecule has 2 aromatic rings. The van der Waals surface area contributed by atoms with Crippen molar-refractivity contribution in [2.75, 3.05) is 7.05 Å². The quantitative estimate of drug-likeness (QED) is 0.872. The fourth-order valence-corrected chi connectivity index (χ4v) is 4.57. The number of thiazole rings is 1. The smallest absolute Gasteiger partial charge is 0.123 e. The van der Waals surface area contributed by atoms with Gasteiger partial charge in [0.1, 0.15) is 5.01 Å². The number of hydrogen-bond donors (Lipinski definition) is 1. The van der Waals surface area contributed by atoms with E-state index >= 15 is 0 Å². The minimum atomic E-state index is 0.328. The first-order valence-corrected chi connectivity index (χ1v) is 8.45. The van der Waals surface area contributed by atoms with Crippen LogP contribution in [-0.4, -0.2) is 12.0 Å². The van der Waals surface area contributed by atoms with Crippen molar-refractivity contribution in [2.24, 2.45) is 5.41 Å². The summed E-state index contributed by atoms with van der Waals surface area (Å²) in [6.45, 7) is 9.00. The lowest BCUT2D eigenvalue weighted by Gasteiger charge is -2.34. The van der Waals surface area contributed by atoms with Crippen LogP contribution in [0.3, 0.4) is 0 Å². The van der Waals surface area contributed by atoms with Gasteiger partial charge in [0, 0.05) is 16.5 Å². The van der Waals surface area contributed by atoms with E-state index in [1.54, 1.807) is 0 Å². The highest BCUT2D eigenvalue weighted by atomic mass is 32.1. The fraction of sp³-hybridized carbons (Fsp3) is 0.500. The van der Waals surface area contributed by atoms with Crippen LogP contribution in [-0.2, 0) is 6.42 Å². The van der Waals surface area contributed by atoms with Gasteiger partial charge in [0.2, 0.25) is 0 Å². The van der Waals surface area contributed by atoms with Crippen LogP contribution in [0.2, 0.25) is 0 Å². The maximum absolute atomic E-state index is 4.98. The Morgan fingerprint density at radius 2 is 1.86 bits per heavy atom. The van der Waals surface area contributed by atoms with Crippen LogP contribution in [0.15, 0.2) is 18.2 Å². The summed E-state index contributed by atoms with van der Waals surface area (Å²) in [5.41, 5.74) is 5.51. The van der Waals surface area contributed by atoms with Crippen molar-refractivity contribution in [3.8, 4) is 10.6 Å². The Morgan fingerprint density at radius 3 is 2.48 bits per heavy atom. The molecule has 1 heterocycles. The van der Waals surface area contributed by atoms with Crippen molar-refractivity contribution in [1.29, 1.82) is 0 Å². The number of aryl methyl sites for hydroxylation is 2. The Balaban J connectivity index is 2.06. The zero-order chi connectivity index (χ0) is 15.2. The van der Waals surface area contributed by atoms with Crippen molar-refractivity contribution in [3.63, 3.8) is 0 Å². The van der Waals surface area contributed by atoms with Gasteiger partial charge in [-0.1, -0.05) is 31.0 Å². The molecule has 0 bridgehead atoms. The third-order valence-electron chi connectivity index (χ3n) is 4.26. The highest BCUT2D eigenvalue weighted by molar-refractivity contribution is 7.15. The first kappa shape index (κ1) is 14.7. The van der Waals surface area contributed by atoms with Gasteiger partial charge in [-0.2, -0.15) is 0 Å². The van der Waals surface area contributed by atoms with Gasteiger partial charge in [0.15, 0.2) is 0 Å². The van der Waals surface area contributed by atoms with Crippen LogP contribution in [0.4, 0.5) is 0 Å². The predicted octanol–water partition coefficient (Wildman–Crippen LogP) is 4.66. The van der Waals surface area contributed by atoms with E-state index in [0.717, 1.165) is 6.42 Å². The minimum absolute atomic E-state index is 0.328. The molecule has 0 saturated carbocycles. The Morgan fingerprint density at radius 1 is 1.19 bits per heavy atom. The van der Waals surface area contributed by atoms with E-state index < -0.39 is 0 Å². The van der Waals surface area contributed by atoms with Crippen molar-refractivity contribution < 1.29 is 0 Å². The maximum atomic E-state index is 4.98. The van der Waals surface area contributed by atoms with Crippen LogP contribution in [0, 0.1) is 19.3 Å². The number of hydrogen-bond acceptors (Lipinski definition) is 3. The van der Waals surface area contributed by atoms with Crippen LogP contribution >= 0.6 is 11.3 Å². The molecule has 0 amide bonds. The van der Waals surface area contributed by atoms with Crippen LogP contribution in [0.25, 0.3) is 10.6 Å². The largest absolute Gasteiger partial charge is 0.312 e. The summed E-state index contributed by atoms with van der Waals surface area (Å²) < 4.78 is 0. The molecule has 0 fully saturated rings. The molecule has 21 heavy (non-hydrogen) atoms. The molecular formula is C18H24N2S. The van der Waals surface area contributed by atoms with E-state index in [9.17, 15) is 0 Å². The first-order chi connectivity index (χ1) is 9.88. The summed E-state index contributed by atoms with van der Waals surface area (Å²) in [6, 6.07) is 7.16. The van der Waals surface area contributed by atoms with E-state index in [2.05, 4.69) is 58.3 Å². The third-order valence-corrected chi connectivity index (χ3v) is 5.52. The van der Waals surface area contributed by atoms with Gasteiger partial charge >= 0.3 is 0 Å². The summed E-state index contributed by atoms with van der Waals surface area (Å²) in [7, 11) is 2.06. The molecule has 1 aliphatic carbocycles. The summed E-state index contributed by atoms with van der Waals surface area (Å²) >= 11 is 1.87. The standard InChI is InChI=1S/C18H24N2S/c1-11-6-12(2)8-13(7-11)17-20-15-10-18(3,4)9-14(19-5)16(15)21-17/h6-8,14,19H,9-10H2,1-5H3. The maximum Gasteiger partial charge on any atom is 0.123 e. The molecule has 1 N–H and O–H groups in total. The average molecular weight is 300 g/mol.